The molecule has 0 saturated heterocycles. The van der Waals surface area contributed by atoms with Gasteiger partial charge in [0, 0.05) is 12.0 Å². The van der Waals surface area contributed by atoms with Crippen molar-refractivity contribution in [3.8, 4) is 11.1 Å². The predicted octanol–water partition coefficient (Wildman–Crippen LogP) is 4.62. The number of nitrogens with one attached hydrogen (secondary N) is 2. The smallest absolute Gasteiger partial charge is 0.407 e. The van der Waals surface area contributed by atoms with Crippen LogP contribution in [-0.4, -0.2) is 41.8 Å². The van der Waals surface area contributed by atoms with Crippen molar-refractivity contribution >= 4 is 18.0 Å². The zero-order valence-electron chi connectivity index (χ0n) is 19.5. The van der Waals surface area contributed by atoms with E-state index in [1.54, 1.807) is 0 Å². The van der Waals surface area contributed by atoms with Crippen LogP contribution >= 0.6 is 0 Å². The Hall–Kier alpha value is -3.61. The van der Waals surface area contributed by atoms with Crippen LogP contribution in [0.2, 0.25) is 0 Å². The van der Waals surface area contributed by atoms with Gasteiger partial charge in [0.2, 0.25) is 5.91 Å². The highest BCUT2D eigenvalue weighted by molar-refractivity contribution is 5.86. The highest BCUT2D eigenvalue weighted by atomic mass is 16.5. The summed E-state index contributed by atoms with van der Waals surface area (Å²) < 4.78 is 5.54. The summed E-state index contributed by atoms with van der Waals surface area (Å²) in [5, 5.41) is 14.5. The molecule has 0 heterocycles. The second-order valence-corrected chi connectivity index (χ2v) is 8.49. The lowest BCUT2D eigenvalue weighted by molar-refractivity contribution is -0.137. The van der Waals surface area contributed by atoms with E-state index in [-0.39, 0.29) is 25.4 Å². The fourth-order valence-corrected chi connectivity index (χ4v) is 4.37. The third kappa shape index (κ3) is 6.25. The van der Waals surface area contributed by atoms with Gasteiger partial charge in [0.25, 0.3) is 0 Å². The van der Waals surface area contributed by atoms with Crippen molar-refractivity contribution in [3.63, 3.8) is 0 Å². The molecule has 180 valence electrons. The van der Waals surface area contributed by atoms with Gasteiger partial charge in [-0.3, -0.25) is 9.59 Å². The third-order valence-corrected chi connectivity index (χ3v) is 6.03. The highest BCUT2D eigenvalue weighted by Gasteiger charge is 2.30. The van der Waals surface area contributed by atoms with Crippen LogP contribution in [0.5, 0.6) is 0 Å². The summed E-state index contributed by atoms with van der Waals surface area (Å²) in [6.45, 7) is 5.80. The van der Waals surface area contributed by atoms with Crippen molar-refractivity contribution in [3.05, 3.63) is 72.3 Å². The van der Waals surface area contributed by atoms with E-state index in [0.717, 1.165) is 35.1 Å². The molecule has 0 fully saturated rings. The number of hydrogen-bond acceptors (Lipinski definition) is 4. The van der Waals surface area contributed by atoms with Gasteiger partial charge in [-0.25, -0.2) is 4.79 Å². The summed E-state index contributed by atoms with van der Waals surface area (Å²) in [4.78, 5) is 36.6. The Morgan fingerprint density at radius 3 is 2.24 bits per heavy atom. The average molecular weight is 465 g/mol. The van der Waals surface area contributed by atoms with Gasteiger partial charge in [0.1, 0.15) is 12.6 Å². The molecule has 3 N–H and O–H groups in total. The maximum absolute atomic E-state index is 12.8. The molecule has 2 aromatic carbocycles. The van der Waals surface area contributed by atoms with Crippen LogP contribution in [0.25, 0.3) is 11.1 Å². The fourth-order valence-electron chi connectivity index (χ4n) is 4.37. The minimum absolute atomic E-state index is 0.0844. The second-order valence-electron chi connectivity index (χ2n) is 8.49. The standard InChI is InChI=1S/C27H32N2O5/c1-3-5-11-18(16-25(30)31)28-26(32)24(10-4-2)29-27(33)34-17-23-21-14-8-6-12-19(21)20-13-7-9-15-22(20)23/h4,6-9,12-15,18,23-24H,2-3,5,10-11,16-17H2,1H3,(H,28,32)(H,29,33)(H,30,31)/t18-,24?/m1/s1. The molecule has 0 spiro atoms. The molecule has 7 heteroatoms. The molecule has 2 atom stereocenters. The van der Waals surface area contributed by atoms with Crippen LogP contribution in [0.1, 0.15) is 56.1 Å². The van der Waals surface area contributed by atoms with Gasteiger partial charge < -0.3 is 20.5 Å². The van der Waals surface area contributed by atoms with Crippen LogP contribution in [0.15, 0.2) is 61.2 Å². The van der Waals surface area contributed by atoms with Crippen molar-refractivity contribution in [1.29, 1.82) is 0 Å². The molecule has 0 aromatic heterocycles. The average Bonchev–Trinajstić information content (AvgIpc) is 3.14. The summed E-state index contributed by atoms with van der Waals surface area (Å²) in [6, 6.07) is 14.7. The fraction of sp³-hybridized carbons (Fsp3) is 0.370. The Labute approximate surface area is 200 Å². The Morgan fingerprint density at radius 1 is 1.06 bits per heavy atom. The number of rotatable bonds is 12. The van der Waals surface area contributed by atoms with Crippen LogP contribution in [0, 0.1) is 0 Å². The van der Waals surface area contributed by atoms with Crippen molar-refractivity contribution in [2.24, 2.45) is 0 Å². The largest absolute Gasteiger partial charge is 0.481 e. The summed E-state index contributed by atoms with van der Waals surface area (Å²) in [7, 11) is 0. The van der Waals surface area contributed by atoms with Crippen LogP contribution in [0.3, 0.4) is 0 Å². The molecule has 34 heavy (non-hydrogen) atoms. The van der Waals surface area contributed by atoms with Crippen molar-refractivity contribution in [2.75, 3.05) is 6.61 Å². The van der Waals surface area contributed by atoms with Crippen LogP contribution in [-0.2, 0) is 14.3 Å². The summed E-state index contributed by atoms with van der Waals surface area (Å²) in [6.07, 6.45) is 3.10. The molecule has 1 aliphatic rings. The lowest BCUT2D eigenvalue weighted by Crippen LogP contribution is -2.50. The van der Waals surface area contributed by atoms with Gasteiger partial charge in [0.15, 0.2) is 0 Å². The SMILES string of the molecule is C=CCC(NC(=O)OCC1c2ccccc2-c2ccccc21)C(=O)N[C@H](CCCC)CC(=O)O. The molecule has 2 amide bonds. The van der Waals surface area contributed by atoms with Crippen molar-refractivity contribution in [2.45, 2.75) is 57.0 Å². The predicted molar refractivity (Wildman–Crippen MR) is 131 cm³/mol. The number of unbranched alkanes of at least 4 members (excludes halogenated alkanes) is 1. The first-order chi connectivity index (χ1) is 16.4. The van der Waals surface area contributed by atoms with E-state index < -0.39 is 30.1 Å². The number of amides is 2. The van der Waals surface area contributed by atoms with E-state index >= 15 is 0 Å². The first kappa shape index (κ1) is 25.0. The van der Waals surface area contributed by atoms with Gasteiger partial charge in [-0.15, -0.1) is 6.58 Å². The van der Waals surface area contributed by atoms with Crippen LogP contribution < -0.4 is 10.6 Å². The number of carbonyl (C=O) groups is 3. The monoisotopic (exact) mass is 464 g/mol. The number of carbonyl (C=O) groups excluding carboxylic acids is 2. The zero-order chi connectivity index (χ0) is 24.5. The summed E-state index contributed by atoms with van der Waals surface area (Å²) in [5.41, 5.74) is 4.47. The van der Waals surface area contributed by atoms with E-state index in [9.17, 15) is 14.4 Å². The number of hydrogen-bond donors (Lipinski definition) is 3. The topological polar surface area (TPSA) is 105 Å². The lowest BCUT2D eigenvalue weighted by Gasteiger charge is -2.22. The van der Waals surface area contributed by atoms with Crippen LogP contribution in [0.4, 0.5) is 4.79 Å². The quantitative estimate of drug-likeness (QED) is 0.398. The molecule has 0 saturated carbocycles. The number of alkyl carbamates (subject to hydrolysis) is 1. The maximum Gasteiger partial charge on any atom is 0.407 e. The Balaban J connectivity index is 1.62. The van der Waals surface area contributed by atoms with Gasteiger partial charge in [0.05, 0.1) is 6.42 Å². The zero-order valence-corrected chi connectivity index (χ0v) is 19.5. The van der Waals surface area contributed by atoms with E-state index in [1.807, 2.05) is 43.3 Å². The van der Waals surface area contributed by atoms with Gasteiger partial charge >= 0.3 is 12.1 Å². The summed E-state index contributed by atoms with van der Waals surface area (Å²) >= 11 is 0. The van der Waals surface area contributed by atoms with Crippen molar-refractivity contribution < 1.29 is 24.2 Å². The molecule has 0 bridgehead atoms. The van der Waals surface area contributed by atoms with Gasteiger partial charge in [-0.2, -0.15) is 0 Å². The molecule has 1 aliphatic carbocycles. The summed E-state index contributed by atoms with van der Waals surface area (Å²) in [5.74, 6) is -1.51. The van der Waals surface area contributed by atoms with E-state index in [0.29, 0.717) is 6.42 Å². The number of aliphatic carboxylic acids is 1. The van der Waals surface area contributed by atoms with E-state index in [4.69, 9.17) is 9.84 Å². The first-order valence-electron chi connectivity index (χ1n) is 11.7. The van der Waals surface area contributed by atoms with Crippen molar-refractivity contribution in [1.82, 2.24) is 10.6 Å². The molecular weight excluding hydrogens is 432 g/mol. The molecule has 7 nitrogen and oxygen atoms in total. The number of ether oxygens (including phenoxy) is 1. The molecule has 0 radical (unpaired) electrons. The van der Waals surface area contributed by atoms with Gasteiger partial charge in [-0.05, 0) is 35.1 Å². The molecule has 1 unspecified atom stereocenters. The third-order valence-electron chi connectivity index (χ3n) is 6.03. The molecule has 2 aromatic rings. The minimum Gasteiger partial charge on any atom is -0.481 e. The number of fused-ring (bicyclic) bond motifs is 3. The Kier molecular flexibility index (Phi) is 8.85. The van der Waals surface area contributed by atoms with E-state index in [2.05, 4.69) is 29.3 Å². The second kappa shape index (κ2) is 12.0. The van der Waals surface area contributed by atoms with E-state index in [1.165, 1.54) is 6.08 Å². The molecule has 3 rings (SSSR count). The molecular formula is C27H32N2O5. The Morgan fingerprint density at radius 2 is 1.68 bits per heavy atom. The number of carboxylic acids is 1. The maximum atomic E-state index is 12.8. The Bertz CT molecular complexity index is 990. The number of benzene rings is 2. The van der Waals surface area contributed by atoms with Gasteiger partial charge in [-0.1, -0.05) is 74.4 Å². The number of carboxylic acid groups (broad SMARTS) is 1. The lowest BCUT2D eigenvalue weighted by atomic mass is 9.98. The highest BCUT2D eigenvalue weighted by Crippen LogP contribution is 2.44. The first-order valence-corrected chi connectivity index (χ1v) is 11.7. The molecule has 0 aliphatic heterocycles. The normalized spacial score (nSPS) is 13.8. The minimum atomic E-state index is -0.980.